The molecule has 1 atom stereocenters. The Hall–Kier alpha value is -2.11. The van der Waals surface area contributed by atoms with Gasteiger partial charge in [0.25, 0.3) is 0 Å². The van der Waals surface area contributed by atoms with Crippen LogP contribution in [-0.4, -0.2) is 61.6 Å². The summed E-state index contributed by atoms with van der Waals surface area (Å²) in [7, 11) is 0. The second-order valence-electron chi connectivity index (χ2n) is 8.64. The molecular weight excluding hydrogens is 444 g/mol. The summed E-state index contributed by atoms with van der Waals surface area (Å²) in [5, 5.41) is 14.1. The minimum absolute atomic E-state index is 0.0346. The Morgan fingerprint density at radius 2 is 1.97 bits per heavy atom. The van der Waals surface area contributed by atoms with Gasteiger partial charge in [-0.25, -0.2) is 0 Å². The Morgan fingerprint density at radius 1 is 1.25 bits per heavy atom. The number of hydrogen-bond donors (Lipinski definition) is 1. The zero-order chi connectivity index (χ0) is 22.5. The molecule has 0 bridgehead atoms. The van der Waals surface area contributed by atoms with Crippen LogP contribution < -0.4 is 10.1 Å². The largest absolute Gasteiger partial charge is 0.492 e. The van der Waals surface area contributed by atoms with Crippen LogP contribution in [0.4, 0.5) is 5.00 Å². The van der Waals surface area contributed by atoms with Gasteiger partial charge in [0, 0.05) is 42.6 Å². The Morgan fingerprint density at radius 3 is 2.69 bits per heavy atom. The fraction of sp³-hybridized carbons (Fsp3) is 0.500. The van der Waals surface area contributed by atoms with E-state index in [0.29, 0.717) is 29.7 Å². The molecule has 1 aliphatic carbocycles. The number of ether oxygens (including phenoxy) is 1. The molecule has 1 amide bonds. The monoisotopic (exact) mass is 472 g/mol. The van der Waals surface area contributed by atoms with Gasteiger partial charge in [-0.1, -0.05) is 18.5 Å². The van der Waals surface area contributed by atoms with Crippen molar-refractivity contribution in [3.8, 4) is 11.8 Å². The van der Waals surface area contributed by atoms with Crippen LogP contribution in [0.1, 0.15) is 29.3 Å². The molecule has 0 saturated carbocycles. The van der Waals surface area contributed by atoms with Crippen LogP contribution in [0.3, 0.4) is 0 Å². The fourth-order valence-electron chi connectivity index (χ4n) is 4.32. The fourth-order valence-corrected chi connectivity index (χ4v) is 5.82. The maximum absolute atomic E-state index is 12.7. The van der Waals surface area contributed by atoms with E-state index in [1.807, 2.05) is 24.3 Å². The van der Waals surface area contributed by atoms with Crippen molar-refractivity contribution in [3.63, 3.8) is 0 Å². The van der Waals surface area contributed by atoms with E-state index in [2.05, 4.69) is 28.1 Å². The molecule has 6 nitrogen and oxygen atoms in total. The Bertz CT molecular complexity index is 977. The van der Waals surface area contributed by atoms with Crippen molar-refractivity contribution in [2.75, 3.05) is 51.2 Å². The van der Waals surface area contributed by atoms with Crippen molar-refractivity contribution in [2.45, 2.75) is 26.2 Å². The van der Waals surface area contributed by atoms with E-state index in [1.165, 1.54) is 4.88 Å². The van der Waals surface area contributed by atoms with Crippen LogP contribution in [0.5, 0.6) is 5.75 Å². The number of carbonyl (C=O) groups excluding carboxylic acids is 1. The number of fused-ring (bicyclic) bond motifs is 1. The number of rotatable bonds is 7. The van der Waals surface area contributed by atoms with Crippen molar-refractivity contribution < 1.29 is 9.53 Å². The van der Waals surface area contributed by atoms with E-state index in [1.54, 1.807) is 11.3 Å². The second kappa shape index (κ2) is 10.7. The first-order valence-corrected chi connectivity index (χ1v) is 12.4. The second-order valence-corrected chi connectivity index (χ2v) is 10.2. The molecule has 2 heterocycles. The zero-order valence-electron chi connectivity index (χ0n) is 18.4. The summed E-state index contributed by atoms with van der Waals surface area (Å²) in [6.45, 7) is 7.59. The van der Waals surface area contributed by atoms with Gasteiger partial charge in [0.2, 0.25) is 5.91 Å². The summed E-state index contributed by atoms with van der Waals surface area (Å²) in [4.78, 5) is 18.5. The Balaban J connectivity index is 1.20. The minimum atomic E-state index is -0.0346. The highest BCUT2D eigenvalue weighted by Crippen LogP contribution is 2.39. The lowest BCUT2D eigenvalue weighted by Crippen LogP contribution is -2.49. The van der Waals surface area contributed by atoms with E-state index in [4.69, 9.17) is 16.3 Å². The van der Waals surface area contributed by atoms with Gasteiger partial charge in [0.1, 0.15) is 23.4 Å². The van der Waals surface area contributed by atoms with Gasteiger partial charge in [-0.2, -0.15) is 5.26 Å². The van der Waals surface area contributed by atoms with Gasteiger partial charge in [-0.15, -0.1) is 11.3 Å². The number of thiophene rings is 1. The first-order chi connectivity index (χ1) is 15.5. The van der Waals surface area contributed by atoms with E-state index in [-0.39, 0.29) is 5.91 Å². The Kier molecular flexibility index (Phi) is 7.69. The smallest absolute Gasteiger partial charge is 0.239 e. The third-order valence-corrected chi connectivity index (χ3v) is 7.62. The van der Waals surface area contributed by atoms with Gasteiger partial charge in [0.05, 0.1) is 12.1 Å². The number of halogens is 1. The predicted molar refractivity (Wildman–Crippen MR) is 129 cm³/mol. The number of amides is 1. The average molecular weight is 473 g/mol. The van der Waals surface area contributed by atoms with Crippen molar-refractivity contribution in [1.82, 2.24) is 9.80 Å². The maximum Gasteiger partial charge on any atom is 0.239 e. The van der Waals surface area contributed by atoms with Crippen LogP contribution in [-0.2, 0) is 17.6 Å². The maximum atomic E-state index is 12.7. The van der Waals surface area contributed by atoms with Crippen LogP contribution in [0, 0.1) is 17.2 Å². The highest BCUT2D eigenvalue weighted by Gasteiger charge is 2.25. The molecule has 2 aromatic rings. The molecule has 1 fully saturated rings. The number of anilines is 1. The first kappa shape index (κ1) is 23.1. The highest BCUT2D eigenvalue weighted by molar-refractivity contribution is 7.16. The molecule has 1 aliphatic heterocycles. The summed E-state index contributed by atoms with van der Waals surface area (Å²) < 4.78 is 5.78. The molecule has 8 heteroatoms. The topological polar surface area (TPSA) is 68.6 Å². The Labute approximate surface area is 198 Å². The average Bonchev–Trinajstić information content (AvgIpc) is 3.12. The number of piperazine rings is 1. The van der Waals surface area contributed by atoms with E-state index >= 15 is 0 Å². The SMILES string of the molecule is CC1CCc2c(sc(NC(=O)CN3CCN(CCOc4ccc(Cl)cc4)CC3)c2C#N)C1. The number of nitrogens with one attached hydrogen (secondary N) is 1. The van der Waals surface area contributed by atoms with Gasteiger partial charge in [-0.05, 0) is 55.0 Å². The van der Waals surface area contributed by atoms with E-state index in [9.17, 15) is 10.1 Å². The summed E-state index contributed by atoms with van der Waals surface area (Å²) in [5.41, 5.74) is 1.83. The molecule has 0 radical (unpaired) electrons. The van der Waals surface area contributed by atoms with Crippen molar-refractivity contribution in [3.05, 3.63) is 45.3 Å². The number of nitrogens with zero attached hydrogens (tertiary/aromatic N) is 3. The quantitative estimate of drug-likeness (QED) is 0.658. The summed E-state index contributed by atoms with van der Waals surface area (Å²) in [6, 6.07) is 9.73. The zero-order valence-corrected chi connectivity index (χ0v) is 20.0. The minimum Gasteiger partial charge on any atom is -0.492 e. The summed E-state index contributed by atoms with van der Waals surface area (Å²) >= 11 is 7.48. The molecule has 1 N–H and O–H groups in total. The van der Waals surface area contributed by atoms with Gasteiger partial charge < -0.3 is 10.1 Å². The lowest BCUT2D eigenvalue weighted by Gasteiger charge is -2.34. The molecule has 4 rings (SSSR count). The van der Waals surface area contributed by atoms with Crippen LogP contribution in [0.25, 0.3) is 0 Å². The van der Waals surface area contributed by atoms with Crippen LogP contribution in [0.2, 0.25) is 5.02 Å². The molecule has 2 aliphatic rings. The van der Waals surface area contributed by atoms with Crippen molar-refractivity contribution in [2.24, 2.45) is 5.92 Å². The van der Waals surface area contributed by atoms with Crippen LogP contribution >= 0.6 is 22.9 Å². The molecule has 1 aromatic heterocycles. The summed E-state index contributed by atoms with van der Waals surface area (Å²) in [5.74, 6) is 1.43. The molecule has 32 heavy (non-hydrogen) atoms. The first-order valence-electron chi connectivity index (χ1n) is 11.2. The van der Waals surface area contributed by atoms with E-state index < -0.39 is 0 Å². The number of nitriles is 1. The standard InChI is InChI=1S/C24H29ClN4O2S/c1-17-2-7-20-21(15-26)24(32-22(20)14-17)27-23(30)16-29-10-8-28(9-11-29)12-13-31-19-5-3-18(25)4-6-19/h3-6,17H,2,7-14,16H2,1H3,(H,27,30). The normalized spacial score (nSPS) is 19.2. The molecular formula is C24H29ClN4O2S. The van der Waals surface area contributed by atoms with Gasteiger partial charge in [0.15, 0.2) is 0 Å². The van der Waals surface area contributed by atoms with Crippen molar-refractivity contribution >= 4 is 33.8 Å². The predicted octanol–water partition coefficient (Wildman–Crippen LogP) is 4.03. The summed E-state index contributed by atoms with van der Waals surface area (Å²) in [6.07, 6.45) is 3.06. The van der Waals surface area contributed by atoms with Crippen molar-refractivity contribution in [1.29, 1.82) is 5.26 Å². The lowest BCUT2D eigenvalue weighted by molar-refractivity contribution is -0.117. The number of hydrogen-bond acceptors (Lipinski definition) is 6. The van der Waals surface area contributed by atoms with Gasteiger partial charge in [-0.3, -0.25) is 14.6 Å². The van der Waals surface area contributed by atoms with Crippen LogP contribution in [0.15, 0.2) is 24.3 Å². The molecule has 170 valence electrons. The number of carbonyl (C=O) groups is 1. The van der Waals surface area contributed by atoms with E-state index in [0.717, 1.165) is 68.3 Å². The molecule has 0 spiro atoms. The number of benzene rings is 1. The molecule has 1 saturated heterocycles. The molecule has 1 unspecified atom stereocenters. The third-order valence-electron chi connectivity index (χ3n) is 6.20. The highest BCUT2D eigenvalue weighted by atomic mass is 35.5. The lowest BCUT2D eigenvalue weighted by atomic mass is 9.89. The molecule has 1 aromatic carbocycles. The third kappa shape index (κ3) is 5.81. The van der Waals surface area contributed by atoms with Gasteiger partial charge >= 0.3 is 0 Å².